The molecule has 6 heterocycles. The second kappa shape index (κ2) is 21.9. The van der Waals surface area contributed by atoms with Crippen LogP contribution in [-0.2, 0) is 42.3 Å². The summed E-state index contributed by atoms with van der Waals surface area (Å²) in [5, 5.41) is 15.4. The predicted molar refractivity (Wildman–Crippen MR) is 353 cm³/mol. The van der Waals surface area contributed by atoms with Crippen molar-refractivity contribution >= 4 is 98.1 Å². The summed E-state index contributed by atoms with van der Waals surface area (Å²) in [7, 11) is 12.9. The van der Waals surface area contributed by atoms with Crippen LogP contribution in [0.2, 0.25) is 0 Å². The standard InChI is InChI=1S/C25H23N2.2C24H21N2.3CH4/c1-16-9-10-20(17(2)13-16)23-12-11-21-22-14-18-7-5-6-8-19(18)15-24(22)27(4)25(21)26(23)3;1-16-8-4-6-10-18(16)21-15-13-20-23-19-11-7-5-9-17(19)12-14-22(23)26(3)24(20)25(21)2;1-16-8-4-6-10-18(16)22-15-14-21-20-13-12-17-9-5-7-11-19(17)23(20)26(3)24(21)25(22)2;;;/h5-15H,1-4H3;2*4-15H,1-3H3;3*1H4/q3*+1;;;/i1D3;;;;;. The van der Waals surface area contributed by atoms with Gasteiger partial charge in [-0.3, -0.25) is 0 Å². The minimum atomic E-state index is -2.09. The van der Waals surface area contributed by atoms with Crippen LogP contribution in [0.5, 0.6) is 0 Å². The van der Waals surface area contributed by atoms with E-state index in [1.807, 2.05) is 13.0 Å². The van der Waals surface area contributed by atoms with E-state index in [1.54, 1.807) is 12.1 Å². The maximum atomic E-state index is 7.67. The summed E-state index contributed by atoms with van der Waals surface area (Å²) in [6.07, 6.45) is 0. The Morgan fingerprint density at radius 1 is 0.329 bits per heavy atom. The van der Waals surface area contributed by atoms with Crippen LogP contribution in [0, 0.1) is 27.6 Å². The topological polar surface area (TPSA) is 26.4 Å². The van der Waals surface area contributed by atoms with Crippen LogP contribution >= 0.6 is 0 Å². The fourth-order valence-corrected chi connectivity index (χ4v) is 13.0. The van der Waals surface area contributed by atoms with Crippen molar-refractivity contribution in [3.63, 3.8) is 0 Å². The summed E-state index contributed by atoms with van der Waals surface area (Å²) in [6, 6.07) is 75.2. The third-order valence-electron chi connectivity index (χ3n) is 16.9. The molecule has 0 saturated carbocycles. The van der Waals surface area contributed by atoms with Crippen molar-refractivity contribution in [1.29, 1.82) is 0 Å². The molecule has 408 valence electrons. The summed E-state index contributed by atoms with van der Waals surface area (Å²) in [5.41, 5.74) is 18.5. The Morgan fingerprint density at radius 2 is 0.768 bits per heavy atom. The third-order valence-corrected chi connectivity index (χ3v) is 16.9. The number of nitrogens with zero attached hydrogens (tertiary/aromatic N) is 6. The molecular formula is C76H77N6+3. The van der Waals surface area contributed by atoms with E-state index >= 15 is 0 Å². The van der Waals surface area contributed by atoms with E-state index in [2.05, 4.69) is 278 Å². The first kappa shape index (κ1) is 52.0. The maximum Gasteiger partial charge on any atom is 0.289 e. The molecule has 0 spiro atoms. The average molecular weight is 1080 g/mol. The molecule has 0 aliphatic heterocycles. The van der Waals surface area contributed by atoms with Gasteiger partial charge in [0.15, 0.2) is 0 Å². The molecule has 6 heteroatoms. The van der Waals surface area contributed by atoms with Gasteiger partial charge in [0.05, 0.1) is 58.4 Å². The molecule has 0 N–H and O–H groups in total. The van der Waals surface area contributed by atoms with Gasteiger partial charge in [-0.15, -0.1) is 0 Å². The molecule has 15 rings (SSSR count). The van der Waals surface area contributed by atoms with Crippen LogP contribution in [0.4, 0.5) is 0 Å². The lowest BCUT2D eigenvalue weighted by atomic mass is 10.0. The Hall–Kier alpha value is -9.39. The zero-order chi connectivity index (χ0) is 56.9. The zero-order valence-corrected chi connectivity index (χ0v) is 46.4. The zero-order valence-electron chi connectivity index (χ0n) is 49.4. The van der Waals surface area contributed by atoms with Crippen LogP contribution in [0.1, 0.15) is 48.6 Å². The van der Waals surface area contributed by atoms with Crippen molar-refractivity contribution in [2.75, 3.05) is 0 Å². The van der Waals surface area contributed by atoms with Gasteiger partial charge in [0.1, 0.15) is 33.6 Å². The normalized spacial score (nSPS) is 11.9. The second-order valence-corrected chi connectivity index (χ2v) is 21.5. The lowest BCUT2D eigenvalue weighted by Gasteiger charge is -2.09. The van der Waals surface area contributed by atoms with E-state index < -0.39 is 6.85 Å². The first-order chi connectivity index (χ1) is 39.6. The average Bonchev–Trinajstić information content (AvgIpc) is 2.54. The van der Waals surface area contributed by atoms with Gasteiger partial charge >= 0.3 is 0 Å². The summed E-state index contributed by atoms with van der Waals surface area (Å²) >= 11 is 0. The predicted octanol–water partition coefficient (Wildman–Crippen LogP) is 18.1. The fourth-order valence-electron chi connectivity index (χ4n) is 13.0. The first-order valence-corrected chi connectivity index (χ1v) is 27.2. The summed E-state index contributed by atoms with van der Waals surface area (Å²) in [6.45, 7) is 4.24. The monoisotopic (exact) mass is 1080 g/mol. The Labute approximate surface area is 487 Å². The minimum absolute atomic E-state index is 0. The van der Waals surface area contributed by atoms with Crippen LogP contribution < -0.4 is 13.7 Å². The highest BCUT2D eigenvalue weighted by atomic mass is 15.1. The number of aryl methyl sites for hydroxylation is 10. The van der Waals surface area contributed by atoms with Crippen LogP contribution in [0.3, 0.4) is 0 Å². The van der Waals surface area contributed by atoms with Crippen LogP contribution in [0.25, 0.3) is 132 Å². The molecule has 0 saturated heterocycles. The van der Waals surface area contributed by atoms with E-state index in [9.17, 15) is 0 Å². The lowest BCUT2D eigenvalue weighted by Crippen LogP contribution is -2.33. The van der Waals surface area contributed by atoms with Crippen LogP contribution in [0.15, 0.2) is 212 Å². The van der Waals surface area contributed by atoms with Crippen molar-refractivity contribution in [2.45, 2.75) is 49.9 Å². The molecule has 0 aliphatic rings. The summed E-state index contributed by atoms with van der Waals surface area (Å²) < 4.78 is 36.8. The number of hydrogen-bond acceptors (Lipinski definition) is 0. The van der Waals surface area contributed by atoms with Crippen molar-refractivity contribution in [2.24, 2.45) is 42.3 Å². The van der Waals surface area contributed by atoms with Gasteiger partial charge in [-0.2, -0.15) is 0 Å². The van der Waals surface area contributed by atoms with Gasteiger partial charge in [0.2, 0.25) is 0 Å². The van der Waals surface area contributed by atoms with Gasteiger partial charge in [-0.1, -0.05) is 180 Å². The molecular weight excluding hydrogens is 997 g/mol. The van der Waals surface area contributed by atoms with Gasteiger partial charge in [0.25, 0.3) is 16.9 Å². The Morgan fingerprint density at radius 3 is 1.35 bits per heavy atom. The van der Waals surface area contributed by atoms with Gasteiger partial charge < -0.3 is 0 Å². The van der Waals surface area contributed by atoms with Gasteiger partial charge in [0, 0.05) is 42.3 Å². The van der Waals surface area contributed by atoms with Crippen molar-refractivity contribution in [3.05, 3.63) is 235 Å². The Bertz CT molecular complexity index is 5030. The number of pyridine rings is 3. The second-order valence-electron chi connectivity index (χ2n) is 21.5. The number of benzene rings is 9. The summed E-state index contributed by atoms with van der Waals surface area (Å²) in [5.74, 6) is 0. The Balaban J connectivity index is 0.000000140. The number of aromatic nitrogens is 6. The van der Waals surface area contributed by atoms with E-state index in [1.165, 1.54) is 126 Å². The molecule has 0 atom stereocenters. The fraction of sp³-hybridized carbons (Fsp3) is 0.171. The Kier molecular flexibility index (Phi) is 13.9. The molecule has 0 bridgehead atoms. The largest absolute Gasteiger partial charge is 0.289 e. The van der Waals surface area contributed by atoms with Crippen molar-refractivity contribution in [1.82, 2.24) is 13.7 Å². The van der Waals surface area contributed by atoms with Crippen LogP contribution in [-0.4, -0.2) is 13.7 Å². The molecule has 9 aromatic carbocycles. The minimum Gasteiger partial charge on any atom is -0.229 e. The quantitative estimate of drug-likeness (QED) is 0.158. The molecule has 82 heavy (non-hydrogen) atoms. The molecule has 0 unspecified atom stereocenters. The number of hydrogen-bond donors (Lipinski definition) is 0. The molecule has 6 nitrogen and oxygen atoms in total. The molecule has 6 aromatic heterocycles. The highest BCUT2D eigenvalue weighted by molar-refractivity contribution is 6.20. The van der Waals surface area contributed by atoms with E-state index in [4.69, 9.17) is 4.11 Å². The van der Waals surface area contributed by atoms with E-state index in [0.717, 1.165) is 22.5 Å². The molecule has 0 amide bonds. The smallest absolute Gasteiger partial charge is 0.229 e. The van der Waals surface area contributed by atoms with Gasteiger partial charge in [-0.25, -0.2) is 27.4 Å². The van der Waals surface area contributed by atoms with Crippen molar-refractivity contribution in [3.8, 4) is 33.8 Å². The first-order valence-electron chi connectivity index (χ1n) is 28.7. The number of fused-ring (bicyclic) bond motifs is 14. The van der Waals surface area contributed by atoms with Gasteiger partial charge in [-0.05, 0) is 132 Å². The highest BCUT2D eigenvalue weighted by Gasteiger charge is 2.25. The highest BCUT2D eigenvalue weighted by Crippen LogP contribution is 2.37. The SMILES string of the molecule is C.C.C.Cc1ccccc1-c1ccc2c3c4ccccc4ccc3n(C)c2[n+]1C.Cc1ccccc1-c1ccc2c3ccc4ccccc4c3n(C)c2[n+]1C.[2H]C([2H])([2H])c1ccc(-c2ccc3c4cc5ccccc5cc4n(C)c3[n+]2C)c(C)c1. The number of rotatable bonds is 3. The molecule has 0 radical (unpaired) electrons. The third kappa shape index (κ3) is 8.94. The summed E-state index contributed by atoms with van der Waals surface area (Å²) in [4.78, 5) is 0. The maximum absolute atomic E-state index is 7.67. The van der Waals surface area contributed by atoms with E-state index in [-0.39, 0.29) is 22.3 Å². The molecule has 0 fully saturated rings. The molecule has 0 aliphatic carbocycles. The lowest BCUT2D eigenvalue weighted by molar-refractivity contribution is -0.636. The van der Waals surface area contributed by atoms with E-state index in [0.29, 0.717) is 5.56 Å². The van der Waals surface area contributed by atoms with Crippen molar-refractivity contribution < 1.29 is 17.8 Å². The molecule has 15 aromatic rings.